The third-order valence-electron chi connectivity index (χ3n) is 4.83. The first-order valence-corrected chi connectivity index (χ1v) is 9.14. The van der Waals surface area contributed by atoms with Gasteiger partial charge in [0.15, 0.2) is 0 Å². The maximum absolute atomic E-state index is 12.6. The molecule has 7 heteroatoms. The van der Waals surface area contributed by atoms with Crippen LogP contribution in [0.15, 0.2) is 59.4 Å². The van der Waals surface area contributed by atoms with E-state index in [1.54, 1.807) is 24.3 Å². The van der Waals surface area contributed by atoms with Gasteiger partial charge in [0.1, 0.15) is 0 Å². The molecule has 0 fully saturated rings. The zero-order valence-corrected chi connectivity index (χ0v) is 15.3. The summed E-state index contributed by atoms with van der Waals surface area (Å²) in [5, 5.41) is 3.08. The lowest BCUT2D eigenvalue weighted by Crippen LogP contribution is -2.35. The fraction of sp³-hybridized carbons (Fsp3) is 0.190. The van der Waals surface area contributed by atoms with Crippen molar-refractivity contribution in [3.63, 3.8) is 0 Å². The number of anilines is 2. The third kappa shape index (κ3) is 3.94. The highest BCUT2D eigenvalue weighted by Crippen LogP contribution is 2.19. The number of carbonyl (C=O) groups excluding carboxylic acids is 1. The van der Waals surface area contributed by atoms with E-state index < -0.39 is 5.91 Å². The molecule has 0 saturated heterocycles. The molecule has 0 aliphatic carbocycles. The van der Waals surface area contributed by atoms with Crippen LogP contribution in [0.1, 0.15) is 27.2 Å². The third-order valence-corrected chi connectivity index (χ3v) is 4.83. The topological polar surface area (TPSA) is 104 Å². The molecule has 1 aliphatic heterocycles. The molecule has 4 rings (SSSR count). The van der Waals surface area contributed by atoms with Crippen LogP contribution in [0.4, 0.5) is 11.6 Å². The first-order valence-electron chi connectivity index (χ1n) is 9.14. The number of carbonyl (C=O) groups is 1. The molecule has 0 bridgehead atoms. The van der Waals surface area contributed by atoms with Gasteiger partial charge in [-0.15, -0.1) is 0 Å². The molecule has 2 aromatic carbocycles. The summed E-state index contributed by atoms with van der Waals surface area (Å²) in [5.41, 5.74) is 9.04. The van der Waals surface area contributed by atoms with Crippen molar-refractivity contribution in [1.82, 2.24) is 14.9 Å². The summed E-state index contributed by atoms with van der Waals surface area (Å²) in [4.78, 5) is 33.4. The highest BCUT2D eigenvalue weighted by atomic mass is 16.1. The molecular formula is C21H21N5O2. The molecule has 28 heavy (non-hydrogen) atoms. The Kier molecular flexibility index (Phi) is 4.90. The van der Waals surface area contributed by atoms with E-state index in [0.29, 0.717) is 18.1 Å². The van der Waals surface area contributed by atoms with Gasteiger partial charge in [0.25, 0.3) is 5.56 Å². The molecule has 2 heterocycles. The van der Waals surface area contributed by atoms with Crippen LogP contribution < -0.4 is 16.6 Å². The molecule has 0 atom stereocenters. The van der Waals surface area contributed by atoms with Gasteiger partial charge in [-0.25, -0.2) is 4.98 Å². The van der Waals surface area contributed by atoms with Gasteiger partial charge in [-0.1, -0.05) is 30.3 Å². The molecule has 4 N–H and O–H groups in total. The number of nitrogens with zero attached hydrogens (tertiary/aromatic N) is 2. The quantitative estimate of drug-likeness (QED) is 0.634. The maximum atomic E-state index is 12.6. The van der Waals surface area contributed by atoms with E-state index in [9.17, 15) is 9.59 Å². The molecule has 0 spiro atoms. The highest BCUT2D eigenvalue weighted by Gasteiger charge is 2.21. The lowest BCUT2D eigenvalue weighted by atomic mass is 10.1. The minimum absolute atomic E-state index is 0.126. The predicted octanol–water partition coefficient (Wildman–Crippen LogP) is 2.17. The summed E-state index contributed by atoms with van der Waals surface area (Å²) < 4.78 is 0. The van der Waals surface area contributed by atoms with Crippen LogP contribution in [0.3, 0.4) is 0 Å². The first kappa shape index (κ1) is 17.9. The van der Waals surface area contributed by atoms with E-state index in [1.807, 2.05) is 18.2 Å². The van der Waals surface area contributed by atoms with E-state index in [-0.39, 0.29) is 5.56 Å². The smallest absolute Gasteiger partial charge is 0.257 e. The predicted molar refractivity (Wildman–Crippen MR) is 107 cm³/mol. The minimum Gasteiger partial charge on any atom is -0.366 e. The number of aromatic amines is 1. The Bertz CT molecular complexity index is 1040. The fourth-order valence-electron chi connectivity index (χ4n) is 3.37. The second-order valence-electron chi connectivity index (χ2n) is 6.85. The summed E-state index contributed by atoms with van der Waals surface area (Å²) in [7, 11) is 0. The number of H-pyrrole nitrogens is 1. The van der Waals surface area contributed by atoms with E-state index in [2.05, 4.69) is 32.3 Å². The van der Waals surface area contributed by atoms with Crippen LogP contribution in [0.2, 0.25) is 0 Å². The van der Waals surface area contributed by atoms with Gasteiger partial charge >= 0.3 is 0 Å². The Morgan fingerprint density at radius 2 is 1.89 bits per heavy atom. The van der Waals surface area contributed by atoms with Gasteiger partial charge in [-0.05, 0) is 29.8 Å². The minimum atomic E-state index is -0.480. The summed E-state index contributed by atoms with van der Waals surface area (Å²) in [6.07, 6.45) is 0.724. The number of fused-ring (bicyclic) bond motifs is 1. The molecule has 1 amide bonds. The highest BCUT2D eigenvalue weighted by molar-refractivity contribution is 5.93. The van der Waals surface area contributed by atoms with Crippen LogP contribution in [0.5, 0.6) is 0 Å². The van der Waals surface area contributed by atoms with Gasteiger partial charge < -0.3 is 11.1 Å². The number of primary amides is 1. The summed E-state index contributed by atoms with van der Waals surface area (Å²) in [6, 6.07) is 16.9. The Morgan fingerprint density at radius 3 is 2.61 bits per heavy atom. The van der Waals surface area contributed by atoms with Crippen LogP contribution in [0.25, 0.3) is 0 Å². The Morgan fingerprint density at radius 1 is 1.14 bits per heavy atom. The lowest BCUT2D eigenvalue weighted by Gasteiger charge is -2.27. The molecule has 1 aromatic heterocycles. The average Bonchev–Trinajstić information content (AvgIpc) is 2.70. The SMILES string of the molecule is NC(=O)c1ccc(Nc2nc3c(c(=O)[nH]2)CN(Cc2ccccc2)CC3)cc1. The van der Waals surface area contributed by atoms with E-state index in [4.69, 9.17) is 5.73 Å². The number of rotatable bonds is 5. The monoisotopic (exact) mass is 375 g/mol. The number of amides is 1. The van der Waals surface area contributed by atoms with Crippen molar-refractivity contribution in [1.29, 1.82) is 0 Å². The number of nitrogens with one attached hydrogen (secondary N) is 2. The molecule has 0 unspecified atom stereocenters. The number of nitrogens with two attached hydrogens (primary N) is 1. The number of benzene rings is 2. The summed E-state index contributed by atoms with van der Waals surface area (Å²) in [6.45, 7) is 2.25. The Labute approximate surface area is 162 Å². The second-order valence-corrected chi connectivity index (χ2v) is 6.85. The Balaban J connectivity index is 1.49. The largest absolute Gasteiger partial charge is 0.366 e. The first-order chi connectivity index (χ1) is 13.6. The van der Waals surface area contributed by atoms with Crippen molar-refractivity contribution in [3.05, 3.63) is 87.3 Å². The van der Waals surface area contributed by atoms with Gasteiger partial charge in [-0.2, -0.15) is 0 Å². The molecule has 1 aliphatic rings. The van der Waals surface area contributed by atoms with Crippen LogP contribution >= 0.6 is 0 Å². The van der Waals surface area contributed by atoms with Crippen molar-refractivity contribution < 1.29 is 4.79 Å². The molecule has 3 aromatic rings. The van der Waals surface area contributed by atoms with Crippen molar-refractivity contribution in [2.45, 2.75) is 19.5 Å². The maximum Gasteiger partial charge on any atom is 0.257 e. The van der Waals surface area contributed by atoms with Crippen LogP contribution in [0, 0.1) is 0 Å². The van der Waals surface area contributed by atoms with Crippen molar-refractivity contribution >= 4 is 17.5 Å². The van der Waals surface area contributed by atoms with Gasteiger partial charge in [0.2, 0.25) is 11.9 Å². The van der Waals surface area contributed by atoms with Crippen LogP contribution in [-0.2, 0) is 19.5 Å². The molecule has 0 radical (unpaired) electrons. The lowest BCUT2D eigenvalue weighted by molar-refractivity contribution is 0.100. The van der Waals surface area contributed by atoms with Crippen molar-refractivity contribution in [2.75, 3.05) is 11.9 Å². The standard InChI is InChI=1S/C21H21N5O2/c22-19(27)15-6-8-16(9-7-15)23-21-24-18-10-11-26(13-17(18)20(28)25-21)12-14-4-2-1-3-5-14/h1-9H,10-13H2,(H2,22,27)(H2,23,24,25,28). The zero-order chi connectivity index (χ0) is 19.5. The summed E-state index contributed by atoms with van der Waals surface area (Å²) in [5.74, 6) is -0.0843. The average molecular weight is 375 g/mol. The van der Waals surface area contributed by atoms with Gasteiger partial charge in [0, 0.05) is 37.3 Å². The molecule has 142 valence electrons. The molecular weight excluding hydrogens is 354 g/mol. The fourth-order valence-corrected chi connectivity index (χ4v) is 3.37. The van der Waals surface area contributed by atoms with E-state index >= 15 is 0 Å². The zero-order valence-electron chi connectivity index (χ0n) is 15.3. The van der Waals surface area contributed by atoms with Crippen molar-refractivity contribution in [2.24, 2.45) is 5.73 Å². The number of hydrogen-bond acceptors (Lipinski definition) is 5. The van der Waals surface area contributed by atoms with Gasteiger partial charge in [-0.3, -0.25) is 19.5 Å². The van der Waals surface area contributed by atoms with Crippen molar-refractivity contribution in [3.8, 4) is 0 Å². The number of aromatic nitrogens is 2. The Hall–Kier alpha value is -3.45. The molecule has 7 nitrogen and oxygen atoms in total. The summed E-state index contributed by atoms with van der Waals surface area (Å²) >= 11 is 0. The van der Waals surface area contributed by atoms with E-state index in [0.717, 1.165) is 36.5 Å². The van der Waals surface area contributed by atoms with Crippen LogP contribution in [-0.4, -0.2) is 27.3 Å². The van der Waals surface area contributed by atoms with Gasteiger partial charge in [0.05, 0.1) is 11.3 Å². The number of hydrogen-bond donors (Lipinski definition) is 3. The molecule has 0 saturated carbocycles. The normalized spacial score (nSPS) is 13.7. The van der Waals surface area contributed by atoms with E-state index in [1.165, 1.54) is 5.56 Å². The second kappa shape index (κ2) is 7.66.